The Bertz CT molecular complexity index is 527. The average molecular weight is 327 g/mol. The van der Waals surface area contributed by atoms with E-state index in [0.717, 1.165) is 12.8 Å². The van der Waals surface area contributed by atoms with Crippen molar-refractivity contribution in [2.75, 3.05) is 20.2 Å². The van der Waals surface area contributed by atoms with Gasteiger partial charge in [-0.2, -0.15) is 8.78 Å². The number of halogens is 2. The van der Waals surface area contributed by atoms with E-state index in [4.69, 9.17) is 4.74 Å². The first-order chi connectivity index (χ1) is 11.0. The zero-order chi connectivity index (χ0) is 17.2. The summed E-state index contributed by atoms with van der Waals surface area (Å²) >= 11 is 0. The number of amides is 1. The van der Waals surface area contributed by atoms with Crippen LogP contribution in [0.2, 0.25) is 0 Å². The van der Waals surface area contributed by atoms with Crippen LogP contribution in [-0.4, -0.2) is 37.6 Å². The van der Waals surface area contributed by atoms with Crippen LogP contribution in [0.25, 0.3) is 6.08 Å². The van der Waals surface area contributed by atoms with Gasteiger partial charge in [0.15, 0.2) is 11.5 Å². The average Bonchev–Trinajstić information content (AvgIpc) is 2.52. The van der Waals surface area contributed by atoms with E-state index in [2.05, 4.69) is 4.74 Å². The number of para-hydroxylation sites is 1. The lowest BCUT2D eigenvalue weighted by Crippen LogP contribution is -2.30. The summed E-state index contributed by atoms with van der Waals surface area (Å²) in [6.07, 6.45) is 4.57. The third-order valence-electron chi connectivity index (χ3n) is 3.14. The smallest absolute Gasteiger partial charge is 0.387 e. The molecule has 1 amide bonds. The summed E-state index contributed by atoms with van der Waals surface area (Å²) in [5, 5.41) is 0. The van der Waals surface area contributed by atoms with Gasteiger partial charge in [-0.25, -0.2) is 0 Å². The Labute approximate surface area is 135 Å². The molecule has 6 heteroatoms. The summed E-state index contributed by atoms with van der Waals surface area (Å²) in [7, 11) is 1.37. The SMILES string of the molecule is CCCN(CCC)C(=O)/C=C\c1cccc(OC)c1OC(F)F. The van der Waals surface area contributed by atoms with E-state index in [1.807, 2.05) is 13.8 Å². The fraction of sp³-hybridized carbons (Fsp3) is 0.471. The van der Waals surface area contributed by atoms with Crippen LogP contribution in [0.3, 0.4) is 0 Å². The maximum Gasteiger partial charge on any atom is 0.387 e. The van der Waals surface area contributed by atoms with Gasteiger partial charge in [-0.15, -0.1) is 0 Å². The molecular formula is C17H23F2NO3. The van der Waals surface area contributed by atoms with Gasteiger partial charge >= 0.3 is 6.61 Å². The van der Waals surface area contributed by atoms with Crippen LogP contribution in [0.4, 0.5) is 8.78 Å². The van der Waals surface area contributed by atoms with Gasteiger partial charge in [0.1, 0.15) is 0 Å². The highest BCUT2D eigenvalue weighted by Crippen LogP contribution is 2.33. The second kappa shape index (κ2) is 9.82. The number of carbonyl (C=O) groups is 1. The maximum absolute atomic E-state index is 12.6. The van der Waals surface area contributed by atoms with Crippen LogP contribution in [0.5, 0.6) is 11.5 Å². The van der Waals surface area contributed by atoms with Crippen LogP contribution in [0.1, 0.15) is 32.3 Å². The fourth-order valence-electron chi connectivity index (χ4n) is 2.18. The molecule has 1 aromatic rings. The van der Waals surface area contributed by atoms with E-state index in [-0.39, 0.29) is 17.4 Å². The number of rotatable bonds is 9. The third-order valence-corrected chi connectivity index (χ3v) is 3.14. The van der Waals surface area contributed by atoms with Crippen LogP contribution in [-0.2, 0) is 4.79 Å². The van der Waals surface area contributed by atoms with Crippen molar-refractivity contribution in [2.45, 2.75) is 33.3 Å². The summed E-state index contributed by atoms with van der Waals surface area (Å²) in [5.41, 5.74) is 0.367. The van der Waals surface area contributed by atoms with Gasteiger partial charge in [0.25, 0.3) is 0 Å². The number of hydrogen-bond donors (Lipinski definition) is 0. The fourth-order valence-corrected chi connectivity index (χ4v) is 2.18. The quantitative estimate of drug-likeness (QED) is 0.645. The van der Waals surface area contributed by atoms with Crippen molar-refractivity contribution >= 4 is 12.0 Å². The minimum Gasteiger partial charge on any atom is -0.493 e. The minimum absolute atomic E-state index is 0.0772. The molecular weight excluding hydrogens is 304 g/mol. The summed E-state index contributed by atoms with van der Waals surface area (Å²) in [4.78, 5) is 13.9. The van der Waals surface area contributed by atoms with Gasteiger partial charge in [0, 0.05) is 24.7 Å². The molecule has 0 radical (unpaired) electrons. The predicted molar refractivity (Wildman–Crippen MR) is 85.8 cm³/mol. The van der Waals surface area contributed by atoms with E-state index in [1.54, 1.807) is 17.0 Å². The molecule has 4 nitrogen and oxygen atoms in total. The molecule has 0 atom stereocenters. The number of methoxy groups -OCH3 is 1. The zero-order valence-corrected chi connectivity index (χ0v) is 13.7. The van der Waals surface area contributed by atoms with Crippen LogP contribution >= 0.6 is 0 Å². The van der Waals surface area contributed by atoms with E-state index in [9.17, 15) is 13.6 Å². The first-order valence-corrected chi connectivity index (χ1v) is 7.62. The summed E-state index contributed by atoms with van der Waals surface area (Å²) in [6, 6.07) is 4.77. The number of ether oxygens (including phenoxy) is 2. The maximum atomic E-state index is 12.6. The molecule has 0 aliphatic carbocycles. The van der Waals surface area contributed by atoms with Crippen molar-refractivity contribution in [3.05, 3.63) is 29.8 Å². The molecule has 0 fully saturated rings. The Morgan fingerprint density at radius 2 is 1.91 bits per heavy atom. The molecule has 1 rings (SSSR count). The van der Waals surface area contributed by atoms with Crippen molar-refractivity contribution in [1.29, 1.82) is 0 Å². The van der Waals surface area contributed by atoms with Gasteiger partial charge in [0.2, 0.25) is 5.91 Å². The molecule has 1 aromatic carbocycles. The largest absolute Gasteiger partial charge is 0.493 e. The van der Waals surface area contributed by atoms with E-state index >= 15 is 0 Å². The molecule has 23 heavy (non-hydrogen) atoms. The lowest BCUT2D eigenvalue weighted by atomic mass is 10.1. The van der Waals surface area contributed by atoms with Crippen molar-refractivity contribution in [3.8, 4) is 11.5 Å². The summed E-state index contributed by atoms with van der Waals surface area (Å²) in [6.45, 7) is 2.35. The molecule has 0 aliphatic heterocycles. The Morgan fingerprint density at radius 3 is 2.43 bits per heavy atom. The lowest BCUT2D eigenvalue weighted by Gasteiger charge is -2.19. The van der Waals surface area contributed by atoms with E-state index in [1.165, 1.54) is 25.3 Å². The van der Waals surface area contributed by atoms with Gasteiger partial charge in [-0.1, -0.05) is 26.0 Å². The number of alkyl halides is 2. The molecule has 0 unspecified atom stereocenters. The standard InChI is InChI=1S/C17H23F2NO3/c1-4-11-20(12-5-2)15(21)10-9-13-7-6-8-14(22-3)16(13)23-17(18)19/h6-10,17H,4-5,11-12H2,1-3H3/b10-9-. The molecule has 0 saturated heterocycles. The molecule has 0 spiro atoms. The third kappa shape index (κ3) is 5.88. The monoisotopic (exact) mass is 327 g/mol. The van der Waals surface area contributed by atoms with E-state index < -0.39 is 6.61 Å². The predicted octanol–water partition coefficient (Wildman–Crippen LogP) is 3.96. The summed E-state index contributed by atoms with van der Waals surface area (Å²) < 4.78 is 34.7. The van der Waals surface area contributed by atoms with Crippen LogP contribution in [0, 0.1) is 0 Å². The Hall–Kier alpha value is -2.11. The molecule has 0 N–H and O–H groups in total. The highest BCUT2D eigenvalue weighted by molar-refractivity contribution is 5.92. The molecule has 128 valence electrons. The number of nitrogens with zero attached hydrogens (tertiary/aromatic N) is 1. The zero-order valence-electron chi connectivity index (χ0n) is 13.7. The second-order valence-corrected chi connectivity index (χ2v) is 4.92. The van der Waals surface area contributed by atoms with Crippen molar-refractivity contribution < 1.29 is 23.0 Å². The number of carbonyl (C=O) groups excluding carboxylic acids is 1. The van der Waals surface area contributed by atoms with Gasteiger partial charge in [0.05, 0.1) is 7.11 Å². The molecule has 0 bridgehead atoms. The van der Waals surface area contributed by atoms with Gasteiger partial charge in [-0.3, -0.25) is 4.79 Å². The van der Waals surface area contributed by atoms with Crippen LogP contribution < -0.4 is 9.47 Å². The first-order valence-electron chi connectivity index (χ1n) is 7.62. The van der Waals surface area contributed by atoms with Gasteiger partial charge < -0.3 is 14.4 Å². The first kappa shape index (κ1) is 18.9. The van der Waals surface area contributed by atoms with Crippen molar-refractivity contribution in [3.63, 3.8) is 0 Å². The topological polar surface area (TPSA) is 38.8 Å². The Morgan fingerprint density at radius 1 is 1.26 bits per heavy atom. The lowest BCUT2D eigenvalue weighted by molar-refractivity contribution is -0.126. The molecule has 0 aromatic heterocycles. The van der Waals surface area contributed by atoms with Gasteiger partial charge in [-0.05, 0) is 25.0 Å². The van der Waals surface area contributed by atoms with Crippen molar-refractivity contribution in [1.82, 2.24) is 4.90 Å². The van der Waals surface area contributed by atoms with Crippen LogP contribution in [0.15, 0.2) is 24.3 Å². The van der Waals surface area contributed by atoms with Crippen molar-refractivity contribution in [2.24, 2.45) is 0 Å². The summed E-state index contributed by atoms with van der Waals surface area (Å²) in [5.74, 6) is -0.0371. The Balaban J connectivity index is 3.00. The number of hydrogen-bond acceptors (Lipinski definition) is 3. The minimum atomic E-state index is -2.97. The molecule has 0 saturated carbocycles. The number of benzene rings is 1. The highest BCUT2D eigenvalue weighted by Gasteiger charge is 2.14. The normalized spacial score (nSPS) is 11.0. The molecule has 0 heterocycles. The van der Waals surface area contributed by atoms with E-state index in [0.29, 0.717) is 18.7 Å². The highest BCUT2D eigenvalue weighted by atomic mass is 19.3. The molecule has 0 aliphatic rings. The second-order valence-electron chi connectivity index (χ2n) is 4.92. The Kier molecular flexibility index (Phi) is 8.08.